The van der Waals surface area contributed by atoms with Crippen LogP contribution >= 0.6 is 0 Å². The summed E-state index contributed by atoms with van der Waals surface area (Å²) in [5, 5.41) is 0. The van der Waals surface area contributed by atoms with Crippen molar-refractivity contribution in [1.82, 2.24) is 14.9 Å². The Morgan fingerprint density at radius 1 is 1.42 bits per heavy atom. The first-order valence-corrected chi connectivity index (χ1v) is 8.19. The van der Waals surface area contributed by atoms with E-state index < -0.39 is 11.4 Å². The number of aromatic nitrogens is 2. The lowest BCUT2D eigenvalue weighted by molar-refractivity contribution is 0.0793. The molecule has 1 atom stereocenters. The summed E-state index contributed by atoms with van der Waals surface area (Å²) in [4.78, 5) is 20.6. The monoisotopic (exact) mass is 331 g/mol. The van der Waals surface area contributed by atoms with Gasteiger partial charge in [0.05, 0.1) is 11.8 Å². The van der Waals surface area contributed by atoms with E-state index in [1.54, 1.807) is 0 Å². The highest BCUT2D eigenvalue weighted by Crippen LogP contribution is 2.22. The highest BCUT2D eigenvalue weighted by atomic mass is 19.1. The third-order valence-electron chi connectivity index (χ3n) is 4.28. The molecule has 1 saturated heterocycles. The summed E-state index contributed by atoms with van der Waals surface area (Å²) < 4.78 is 19.2. The zero-order chi connectivity index (χ0) is 17.1. The predicted molar refractivity (Wildman–Crippen MR) is 90.3 cm³/mol. The summed E-state index contributed by atoms with van der Waals surface area (Å²) in [5.74, 6) is -0.424. The van der Waals surface area contributed by atoms with E-state index in [-0.39, 0.29) is 11.8 Å². The highest BCUT2D eigenvalue weighted by molar-refractivity contribution is 5.60. The number of hydrogen-bond acceptors (Lipinski definition) is 4. The maximum atomic E-state index is 13.5. The molecule has 0 aliphatic carbocycles. The summed E-state index contributed by atoms with van der Waals surface area (Å²) in [7, 11) is 2.05. The predicted octanol–water partition coefficient (Wildman–Crippen LogP) is 2.50. The fourth-order valence-electron chi connectivity index (χ4n) is 3.08. The Labute approximate surface area is 140 Å². The lowest BCUT2D eigenvalue weighted by Gasteiger charge is -2.21. The molecule has 1 aromatic heterocycles. The number of ether oxygens (including phenoxy) is 1. The van der Waals surface area contributed by atoms with Gasteiger partial charge < -0.3 is 9.72 Å². The zero-order valence-electron chi connectivity index (χ0n) is 14.0. The fraction of sp³-hybridized carbons (Fsp3) is 0.444. The Morgan fingerprint density at radius 3 is 2.92 bits per heavy atom. The molecule has 0 radical (unpaired) electrons. The molecule has 1 aliphatic heterocycles. The summed E-state index contributed by atoms with van der Waals surface area (Å²) >= 11 is 0. The molecule has 1 unspecified atom stereocenters. The molecule has 3 rings (SSSR count). The fourth-order valence-corrected chi connectivity index (χ4v) is 3.08. The topological polar surface area (TPSA) is 58.2 Å². The van der Waals surface area contributed by atoms with Gasteiger partial charge in [0, 0.05) is 25.3 Å². The number of rotatable bonds is 5. The number of aromatic amines is 1. The second-order valence-electron chi connectivity index (χ2n) is 6.30. The van der Waals surface area contributed by atoms with Crippen LogP contribution < -0.4 is 5.56 Å². The van der Waals surface area contributed by atoms with E-state index in [1.165, 1.54) is 6.92 Å². The van der Waals surface area contributed by atoms with E-state index in [9.17, 15) is 9.18 Å². The molecule has 0 amide bonds. The molecule has 6 heteroatoms. The molecule has 1 fully saturated rings. The van der Waals surface area contributed by atoms with Crippen molar-refractivity contribution in [3.63, 3.8) is 0 Å². The molecule has 2 heterocycles. The average Bonchev–Trinajstić information content (AvgIpc) is 3.05. The Kier molecular flexibility index (Phi) is 5.06. The van der Waals surface area contributed by atoms with Gasteiger partial charge in [-0.15, -0.1) is 0 Å². The van der Waals surface area contributed by atoms with E-state index in [1.807, 2.05) is 31.3 Å². The van der Waals surface area contributed by atoms with Crippen molar-refractivity contribution in [2.45, 2.75) is 32.4 Å². The maximum absolute atomic E-state index is 13.5. The van der Waals surface area contributed by atoms with Crippen molar-refractivity contribution in [1.29, 1.82) is 0 Å². The number of likely N-dealkylation sites (N-methyl/N-ethyl adjacent to an activating group) is 1. The first-order chi connectivity index (χ1) is 11.5. The number of nitrogens with one attached hydrogen (secondary N) is 1. The normalized spacial score (nSPS) is 17.6. The van der Waals surface area contributed by atoms with Gasteiger partial charge in [-0.3, -0.25) is 9.69 Å². The van der Waals surface area contributed by atoms with Crippen LogP contribution in [0.25, 0.3) is 11.4 Å². The first-order valence-electron chi connectivity index (χ1n) is 8.19. The van der Waals surface area contributed by atoms with Gasteiger partial charge in [-0.2, -0.15) is 4.39 Å². The summed E-state index contributed by atoms with van der Waals surface area (Å²) in [5.41, 5.74) is 1.22. The molecule has 0 bridgehead atoms. The molecule has 24 heavy (non-hydrogen) atoms. The van der Waals surface area contributed by atoms with Gasteiger partial charge in [-0.05, 0) is 32.4 Å². The quantitative estimate of drug-likeness (QED) is 0.914. The minimum atomic E-state index is -0.827. The number of nitrogens with zero attached hydrogens (tertiary/aromatic N) is 2. The van der Waals surface area contributed by atoms with Crippen molar-refractivity contribution >= 4 is 0 Å². The van der Waals surface area contributed by atoms with Gasteiger partial charge in [-0.1, -0.05) is 24.3 Å². The summed E-state index contributed by atoms with van der Waals surface area (Å²) in [6.45, 7) is 3.91. The van der Waals surface area contributed by atoms with Crippen molar-refractivity contribution in [3.8, 4) is 11.4 Å². The molecule has 2 aromatic rings. The molecule has 1 aliphatic rings. The van der Waals surface area contributed by atoms with Crippen LogP contribution in [0.5, 0.6) is 0 Å². The maximum Gasteiger partial charge on any atom is 0.287 e. The van der Waals surface area contributed by atoms with Gasteiger partial charge in [-0.25, -0.2) is 4.98 Å². The van der Waals surface area contributed by atoms with E-state index in [2.05, 4.69) is 14.9 Å². The lowest BCUT2D eigenvalue weighted by atomic mass is 10.1. The molecule has 0 spiro atoms. The van der Waals surface area contributed by atoms with Crippen molar-refractivity contribution < 1.29 is 9.13 Å². The molecule has 1 aromatic carbocycles. The largest absolute Gasteiger partial charge is 0.377 e. The Hall–Kier alpha value is -2.05. The van der Waals surface area contributed by atoms with Crippen LogP contribution in [0, 0.1) is 12.7 Å². The van der Waals surface area contributed by atoms with Crippen LogP contribution in [0.2, 0.25) is 0 Å². The van der Waals surface area contributed by atoms with Crippen LogP contribution in [-0.4, -0.2) is 41.2 Å². The number of benzene rings is 1. The number of H-pyrrole nitrogens is 1. The second kappa shape index (κ2) is 7.23. The van der Waals surface area contributed by atoms with Gasteiger partial charge in [0.15, 0.2) is 0 Å². The third kappa shape index (κ3) is 3.71. The minimum absolute atomic E-state index is 0.108. The Bertz CT molecular complexity index is 769. The summed E-state index contributed by atoms with van der Waals surface area (Å²) in [6, 6.07) is 7.73. The number of hydrogen-bond donors (Lipinski definition) is 1. The first kappa shape index (κ1) is 16.8. The molecular weight excluding hydrogens is 309 g/mol. The third-order valence-corrected chi connectivity index (χ3v) is 4.28. The minimum Gasteiger partial charge on any atom is -0.377 e. The average molecular weight is 331 g/mol. The van der Waals surface area contributed by atoms with E-state index >= 15 is 0 Å². The van der Waals surface area contributed by atoms with Crippen LogP contribution in [0.15, 0.2) is 29.1 Å². The van der Waals surface area contributed by atoms with Gasteiger partial charge in [0.1, 0.15) is 5.82 Å². The van der Waals surface area contributed by atoms with Crippen LogP contribution in [0.3, 0.4) is 0 Å². The highest BCUT2D eigenvalue weighted by Gasteiger charge is 2.18. The molecule has 0 saturated carbocycles. The van der Waals surface area contributed by atoms with E-state index in [0.29, 0.717) is 12.4 Å². The van der Waals surface area contributed by atoms with Crippen LogP contribution in [-0.2, 0) is 11.3 Å². The standard InChI is InChI=1S/C18H22FN3O2/c1-12-16(19)18(23)21-17(20-12)15-8-4-3-6-13(15)10-22(2)11-14-7-5-9-24-14/h3-4,6,8,14H,5,7,9-11H2,1-2H3,(H,20,21,23). The van der Waals surface area contributed by atoms with Crippen LogP contribution in [0.4, 0.5) is 4.39 Å². The van der Waals surface area contributed by atoms with Crippen molar-refractivity contribution in [2.75, 3.05) is 20.2 Å². The Balaban J connectivity index is 1.84. The number of halogens is 1. The Morgan fingerprint density at radius 2 is 2.21 bits per heavy atom. The van der Waals surface area contributed by atoms with E-state index in [4.69, 9.17) is 4.74 Å². The lowest BCUT2D eigenvalue weighted by Crippen LogP contribution is -2.28. The van der Waals surface area contributed by atoms with Crippen molar-refractivity contribution in [2.24, 2.45) is 0 Å². The van der Waals surface area contributed by atoms with Gasteiger partial charge in [0.2, 0.25) is 5.82 Å². The zero-order valence-corrected chi connectivity index (χ0v) is 14.0. The summed E-state index contributed by atoms with van der Waals surface area (Å²) in [6.07, 6.45) is 2.50. The van der Waals surface area contributed by atoms with Gasteiger partial charge >= 0.3 is 0 Å². The molecule has 1 N–H and O–H groups in total. The second-order valence-corrected chi connectivity index (χ2v) is 6.30. The number of aryl methyl sites for hydroxylation is 1. The molecular formula is C18H22FN3O2. The SMILES string of the molecule is Cc1nc(-c2ccccc2CN(C)CC2CCCO2)[nH]c(=O)c1F. The van der Waals surface area contributed by atoms with Crippen LogP contribution in [0.1, 0.15) is 24.1 Å². The van der Waals surface area contributed by atoms with Crippen molar-refractivity contribution in [3.05, 3.63) is 51.7 Å². The van der Waals surface area contributed by atoms with E-state index in [0.717, 1.165) is 37.1 Å². The molecule has 128 valence electrons. The smallest absolute Gasteiger partial charge is 0.287 e. The molecule has 5 nitrogen and oxygen atoms in total. The van der Waals surface area contributed by atoms with Gasteiger partial charge in [0.25, 0.3) is 5.56 Å².